The average molecular weight is 218 g/mol. The van der Waals surface area contributed by atoms with E-state index < -0.39 is 0 Å². The molecule has 1 unspecified atom stereocenters. The molecule has 4 heteroatoms. The molecule has 0 saturated heterocycles. The van der Waals surface area contributed by atoms with E-state index in [1.54, 1.807) is 19.2 Å². The average Bonchev–Trinajstić information content (AvgIpc) is 2.20. The molecule has 1 aromatic rings. The number of methoxy groups -OCH3 is 1. The minimum absolute atomic E-state index is 0.0305. The Morgan fingerprint density at radius 2 is 2.29 bits per heavy atom. The smallest absolute Gasteiger partial charge is 0.165 e. The first-order valence-electron chi connectivity index (χ1n) is 4.29. The van der Waals surface area contributed by atoms with Gasteiger partial charge < -0.3 is 10.1 Å². The van der Waals surface area contributed by atoms with Gasteiger partial charge >= 0.3 is 0 Å². The Morgan fingerprint density at radius 1 is 1.57 bits per heavy atom. The van der Waals surface area contributed by atoms with Gasteiger partial charge in [-0.15, -0.1) is 11.6 Å². The molecule has 0 bridgehead atoms. The molecule has 0 aromatic heterocycles. The zero-order valence-electron chi connectivity index (χ0n) is 8.18. The van der Waals surface area contributed by atoms with Crippen LogP contribution in [0.4, 0.5) is 4.39 Å². The predicted octanol–water partition coefficient (Wildman–Crippen LogP) is 2.33. The number of hydrogen-bond donors (Lipinski definition) is 1. The van der Waals surface area contributed by atoms with Gasteiger partial charge in [0.1, 0.15) is 0 Å². The van der Waals surface area contributed by atoms with E-state index in [1.807, 2.05) is 0 Å². The summed E-state index contributed by atoms with van der Waals surface area (Å²) in [7, 11) is 3.23. The van der Waals surface area contributed by atoms with Gasteiger partial charge in [0, 0.05) is 11.9 Å². The van der Waals surface area contributed by atoms with Crippen LogP contribution in [0.25, 0.3) is 0 Å². The number of alkyl halides is 1. The summed E-state index contributed by atoms with van der Waals surface area (Å²) in [4.78, 5) is 0. The number of benzene rings is 1. The molecule has 0 radical (unpaired) electrons. The Hall–Kier alpha value is -0.800. The molecule has 0 amide bonds. The van der Waals surface area contributed by atoms with Gasteiger partial charge in [-0.3, -0.25) is 0 Å². The molecular weight excluding hydrogens is 205 g/mol. The number of halogens is 2. The van der Waals surface area contributed by atoms with E-state index in [9.17, 15) is 4.39 Å². The Kier molecular flexibility index (Phi) is 4.17. The summed E-state index contributed by atoms with van der Waals surface area (Å²) >= 11 is 5.71. The lowest BCUT2D eigenvalue weighted by Gasteiger charge is -2.13. The predicted molar refractivity (Wildman–Crippen MR) is 55.5 cm³/mol. The van der Waals surface area contributed by atoms with Gasteiger partial charge in [-0.05, 0) is 24.7 Å². The highest BCUT2D eigenvalue weighted by molar-refractivity contribution is 6.18. The van der Waals surface area contributed by atoms with Gasteiger partial charge in [0.05, 0.1) is 7.11 Å². The van der Waals surface area contributed by atoms with Gasteiger partial charge in [-0.1, -0.05) is 6.07 Å². The van der Waals surface area contributed by atoms with Crippen molar-refractivity contribution in [1.29, 1.82) is 0 Å². The topological polar surface area (TPSA) is 21.3 Å². The van der Waals surface area contributed by atoms with Crippen molar-refractivity contribution in [2.45, 2.75) is 6.04 Å². The molecule has 0 aliphatic carbocycles. The quantitative estimate of drug-likeness (QED) is 0.782. The molecular formula is C10H13ClFNO. The molecule has 0 aliphatic heterocycles. The lowest BCUT2D eigenvalue weighted by molar-refractivity contribution is 0.385. The van der Waals surface area contributed by atoms with Crippen LogP contribution in [-0.2, 0) is 0 Å². The third-order valence-corrected chi connectivity index (χ3v) is 2.39. The molecule has 0 fully saturated rings. The standard InChI is InChI=1S/C10H13ClFNO/c1-13-9(6-11)7-3-4-10(14-2)8(12)5-7/h3-5,9,13H,6H2,1-2H3. The summed E-state index contributed by atoms with van der Waals surface area (Å²) in [6.07, 6.45) is 0. The van der Waals surface area contributed by atoms with E-state index in [0.717, 1.165) is 5.56 Å². The Bertz CT molecular complexity index is 302. The van der Waals surface area contributed by atoms with Gasteiger partial charge in [0.25, 0.3) is 0 Å². The molecule has 1 N–H and O–H groups in total. The van der Waals surface area contributed by atoms with E-state index in [4.69, 9.17) is 16.3 Å². The molecule has 1 atom stereocenters. The summed E-state index contributed by atoms with van der Waals surface area (Å²) in [5, 5.41) is 2.99. The molecule has 0 heterocycles. The summed E-state index contributed by atoms with van der Waals surface area (Å²) in [5.74, 6) is 0.288. The van der Waals surface area contributed by atoms with Crippen LogP contribution >= 0.6 is 11.6 Å². The van der Waals surface area contributed by atoms with Crippen LogP contribution in [0.15, 0.2) is 18.2 Å². The lowest BCUT2D eigenvalue weighted by Crippen LogP contribution is -2.17. The highest BCUT2D eigenvalue weighted by Crippen LogP contribution is 2.22. The maximum atomic E-state index is 13.3. The Labute approximate surface area is 88.0 Å². The first kappa shape index (κ1) is 11.3. The van der Waals surface area contributed by atoms with Crippen molar-refractivity contribution in [2.24, 2.45) is 0 Å². The van der Waals surface area contributed by atoms with Crippen LogP contribution in [0.1, 0.15) is 11.6 Å². The monoisotopic (exact) mass is 217 g/mol. The summed E-state index contributed by atoms with van der Waals surface area (Å²) in [6.45, 7) is 0. The fourth-order valence-corrected chi connectivity index (χ4v) is 1.56. The van der Waals surface area contributed by atoms with Crippen LogP contribution in [-0.4, -0.2) is 20.0 Å². The Morgan fingerprint density at radius 3 is 2.71 bits per heavy atom. The lowest BCUT2D eigenvalue weighted by atomic mass is 10.1. The van der Waals surface area contributed by atoms with Crippen LogP contribution in [0.2, 0.25) is 0 Å². The first-order valence-corrected chi connectivity index (χ1v) is 4.83. The van der Waals surface area contributed by atoms with E-state index in [2.05, 4.69) is 5.32 Å². The SMILES string of the molecule is CNC(CCl)c1ccc(OC)c(F)c1. The minimum atomic E-state index is -0.365. The van der Waals surface area contributed by atoms with Gasteiger partial charge in [0.15, 0.2) is 11.6 Å². The van der Waals surface area contributed by atoms with Crippen molar-refractivity contribution < 1.29 is 9.13 Å². The maximum Gasteiger partial charge on any atom is 0.165 e. The van der Waals surface area contributed by atoms with Gasteiger partial charge in [-0.25, -0.2) is 4.39 Å². The zero-order valence-corrected chi connectivity index (χ0v) is 8.94. The van der Waals surface area contributed by atoms with Gasteiger partial charge in [0.2, 0.25) is 0 Å². The second-order valence-corrected chi connectivity index (χ2v) is 3.20. The first-order chi connectivity index (χ1) is 6.72. The van der Waals surface area contributed by atoms with E-state index in [-0.39, 0.29) is 17.6 Å². The number of ether oxygens (including phenoxy) is 1. The highest BCUT2D eigenvalue weighted by atomic mass is 35.5. The minimum Gasteiger partial charge on any atom is -0.494 e. The van der Waals surface area contributed by atoms with Crippen molar-refractivity contribution >= 4 is 11.6 Å². The molecule has 14 heavy (non-hydrogen) atoms. The second-order valence-electron chi connectivity index (χ2n) is 2.89. The fraction of sp³-hybridized carbons (Fsp3) is 0.400. The fourth-order valence-electron chi connectivity index (χ4n) is 1.23. The largest absolute Gasteiger partial charge is 0.494 e. The van der Waals surface area contributed by atoms with E-state index in [1.165, 1.54) is 13.2 Å². The second kappa shape index (κ2) is 5.17. The van der Waals surface area contributed by atoms with Crippen LogP contribution in [0.3, 0.4) is 0 Å². The molecule has 2 nitrogen and oxygen atoms in total. The van der Waals surface area contributed by atoms with E-state index >= 15 is 0 Å². The third-order valence-electron chi connectivity index (χ3n) is 2.08. The summed E-state index contributed by atoms with van der Waals surface area (Å²) < 4.78 is 18.1. The third kappa shape index (κ3) is 2.36. The maximum absolute atomic E-state index is 13.3. The zero-order chi connectivity index (χ0) is 10.6. The molecule has 0 saturated carbocycles. The number of nitrogens with one attached hydrogen (secondary N) is 1. The van der Waals surface area contributed by atoms with Crippen LogP contribution in [0, 0.1) is 5.82 Å². The molecule has 1 rings (SSSR count). The Balaban J connectivity index is 2.95. The van der Waals surface area contributed by atoms with Crippen LogP contribution < -0.4 is 10.1 Å². The van der Waals surface area contributed by atoms with Crippen molar-refractivity contribution in [1.82, 2.24) is 5.32 Å². The number of rotatable bonds is 4. The molecule has 0 aliphatic rings. The van der Waals surface area contributed by atoms with Gasteiger partial charge in [-0.2, -0.15) is 0 Å². The molecule has 1 aromatic carbocycles. The van der Waals surface area contributed by atoms with E-state index in [0.29, 0.717) is 5.88 Å². The van der Waals surface area contributed by atoms with Crippen LogP contribution in [0.5, 0.6) is 5.75 Å². The van der Waals surface area contributed by atoms with Crippen molar-refractivity contribution in [2.75, 3.05) is 20.0 Å². The highest BCUT2D eigenvalue weighted by Gasteiger charge is 2.10. The van der Waals surface area contributed by atoms with Crippen molar-refractivity contribution in [3.63, 3.8) is 0 Å². The molecule has 0 spiro atoms. The molecule has 78 valence electrons. The van der Waals surface area contributed by atoms with Crippen molar-refractivity contribution in [3.8, 4) is 5.75 Å². The van der Waals surface area contributed by atoms with Crippen molar-refractivity contribution in [3.05, 3.63) is 29.6 Å². The summed E-state index contributed by atoms with van der Waals surface area (Å²) in [6, 6.07) is 4.80. The normalized spacial score (nSPS) is 12.6. The number of hydrogen-bond acceptors (Lipinski definition) is 2. The summed E-state index contributed by atoms with van der Waals surface area (Å²) in [5.41, 5.74) is 0.820.